The Morgan fingerprint density at radius 3 is 2.85 bits per heavy atom. The lowest BCUT2D eigenvalue weighted by Gasteiger charge is -2.02. The number of nitrogen functional groups attached to an aromatic ring is 1. The molecule has 0 aromatic carbocycles. The minimum absolute atomic E-state index is 0.135. The van der Waals surface area contributed by atoms with Gasteiger partial charge in [0.15, 0.2) is 0 Å². The first-order valence-electron chi connectivity index (χ1n) is 5.79. The largest absolute Gasteiger partial charge is 0.396 e. The van der Waals surface area contributed by atoms with Gasteiger partial charge in [-0.15, -0.1) is 11.3 Å². The van der Waals surface area contributed by atoms with Gasteiger partial charge in [-0.05, 0) is 6.92 Å². The van der Waals surface area contributed by atoms with Crippen molar-refractivity contribution < 1.29 is 4.79 Å². The maximum atomic E-state index is 11.2. The number of hydrogen-bond donors (Lipinski definition) is 3. The molecule has 0 unspecified atom stereocenters. The van der Waals surface area contributed by atoms with Crippen LogP contribution in [-0.4, -0.2) is 15.7 Å². The van der Waals surface area contributed by atoms with Crippen molar-refractivity contribution in [3.05, 3.63) is 27.9 Å². The Kier molecular flexibility index (Phi) is 3.63. The third kappa shape index (κ3) is 2.44. The van der Waals surface area contributed by atoms with E-state index in [0.717, 1.165) is 22.6 Å². The van der Waals surface area contributed by atoms with Gasteiger partial charge in [-0.2, -0.15) is 10.4 Å². The number of nitrogens with one attached hydrogen (secondary N) is 1. The van der Waals surface area contributed by atoms with Crippen molar-refractivity contribution in [3.63, 3.8) is 0 Å². The number of aromatic nitrogens is 2. The fraction of sp³-hybridized carbons (Fsp3) is 0.250. The predicted molar refractivity (Wildman–Crippen MR) is 77.2 cm³/mol. The molecule has 20 heavy (non-hydrogen) atoms. The van der Waals surface area contributed by atoms with Crippen LogP contribution in [0.1, 0.15) is 26.5 Å². The van der Waals surface area contributed by atoms with E-state index in [1.807, 2.05) is 26.2 Å². The predicted octanol–water partition coefficient (Wildman–Crippen LogP) is 0.955. The summed E-state index contributed by atoms with van der Waals surface area (Å²) in [4.78, 5) is 11.4. The number of carbonyl (C=O) groups is 1. The molecule has 0 saturated heterocycles. The summed E-state index contributed by atoms with van der Waals surface area (Å²) in [7, 11) is 1.84. The second-order valence-corrected chi connectivity index (χ2v) is 5.31. The van der Waals surface area contributed by atoms with Crippen LogP contribution in [0.25, 0.3) is 0 Å². The maximum absolute atomic E-state index is 11.2. The SMILES string of the molecule is Cc1nn(C)cc1CNc1sc(C(N)=O)c(N)c1C#N. The number of rotatable bonds is 4. The number of thiophene rings is 1. The van der Waals surface area contributed by atoms with Gasteiger partial charge < -0.3 is 16.8 Å². The Balaban J connectivity index is 2.26. The summed E-state index contributed by atoms with van der Waals surface area (Å²) < 4.78 is 1.72. The summed E-state index contributed by atoms with van der Waals surface area (Å²) in [6, 6.07) is 1.99. The first-order chi connectivity index (χ1) is 9.43. The molecule has 1 amide bonds. The minimum atomic E-state index is -0.630. The van der Waals surface area contributed by atoms with Crippen LogP contribution in [0.2, 0.25) is 0 Å². The van der Waals surface area contributed by atoms with Gasteiger partial charge in [0.05, 0.1) is 11.4 Å². The molecule has 8 heteroatoms. The zero-order valence-electron chi connectivity index (χ0n) is 11.1. The third-order valence-corrected chi connectivity index (χ3v) is 4.01. The number of anilines is 2. The van der Waals surface area contributed by atoms with Crippen molar-refractivity contribution in [2.24, 2.45) is 12.8 Å². The number of amides is 1. The molecule has 7 nitrogen and oxygen atoms in total. The molecular weight excluding hydrogens is 276 g/mol. The molecule has 0 saturated carbocycles. The summed E-state index contributed by atoms with van der Waals surface area (Å²) >= 11 is 1.09. The van der Waals surface area contributed by atoms with Gasteiger partial charge in [0.25, 0.3) is 5.91 Å². The topological polar surface area (TPSA) is 123 Å². The molecule has 104 valence electrons. The zero-order chi connectivity index (χ0) is 14.9. The first kappa shape index (κ1) is 13.9. The highest BCUT2D eigenvalue weighted by Gasteiger charge is 2.19. The number of primary amides is 1. The van der Waals surface area contributed by atoms with Crippen molar-refractivity contribution in [1.29, 1.82) is 5.26 Å². The molecule has 2 aromatic rings. The molecule has 0 aliphatic rings. The Labute approximate surface area is 119 Å². The van der Waals surface area contributed by atoms with Gasteiger partial charge in [-0.1, -0.05) is 0 Å². The normalized spacial score (nSPS) is 10.2. The highest BCUT2D eigenvalue weighted by Crippen LogP contribution is 2.35. The lowest BCUT2D eigenvalue weighted by atomic mass is 10.2. The Morgan fingerprint density at radius 2 is 2.35 bits per heavy atom. The van der Waals surface area contributed by atoms with Crippen LogP contribution >= 0.6 is 11.3 Å². The van der Waals surface area contributed by atoms with E-state index in [0.29, 0.717) is 11.5 Å². The fourth-order valence-electron chi connectivity index (χ4n) is 1.86. The number of aryl methyl sites for hydroxylation is 2. The Morgan fingerprint density at radius 1 is 1.65 bits per heavy atom. The molecule has 0 radical (unpaired) electrons. The van der Waals surface area contributed by atoms with E-state index in [9.17, 15) is 4.79 Å². The smallest absolute Gasteiger partial charge is 0.261 e. The molecule has 0 fully saturated rings. The number of carbonyl (C=O) groups excluding carboxylic acids is 1. The van der Waals surface area contributed by atoms with Gasteiger partial charge in [0.2, 0.25) is 0 Å². The average Bonchev–Trinajstić information content (AvgIpc) is 2.86. The lowest BCUT2D eigenvalue weighted by molar-refractivity contribution is 0.100. The summed E-state index contributed by atoms with van der Waals surface area (Å²) in [5.41, 5.74) is 13.3. The molecule has 2 heterocycles. The molecular formula is C12H14N6OS. The van der Waals surface area contributed by atoms with Crippen LogP contribution in [0.3, 0.4) is 0 Å². The van der Waals surface area contributed by atoms with Crippen LogP contribution in [0.15, 0.2) is 6.20 Å². The second kappa shape index (κ2) is 5.22. The quantitative estimate of drug-likeness (QED) is 0.773. The molecule has 2 rings (SSSR count). The molecule has 0 atom stereocenters. The van der Waals surface area contributed by atoms with Crippen molar-refractivity contribution in [2.45, 2.75) is 13.5 Å². The van der Waals surface area contributed by atoms with Crippen LogP contribution in [-0.2, 0) is 13.6 Å². The molecule has 0 aliphatic carbocycles. The number of nitrogens with zero attached hydrogens (tertiary/aromatic N) is 3. The van der Waals surface area contributed by atoms with Gasteiger partial charge in [0, 0.05) is 25.4 Å². The van der Waals surface area contributed by atoms with Crippen molar-refractivity contribution in [1.82, 2.24) is 9.78 Å². The number of nitrogens with two attached hydrogens (primary N) is 2. The molecule has 2 aromatic heterocycles. The summed E-state index contributed by atoms with van der Waals surface area (Å²) in [5.74, 6) is -0.630. The third-order valence-electron chi connectivity index (χ3n) is 2.84. The zero-order valence-corrected chi connectivity index (χ0v) is 11.9. The number of nitriles is 1. The Bertz CT molecular complexity index is 708. The monoisotopic (exact) mass is 290 g/mol. The van der Waals surface area contributed by atoms with Gasteiger partial charge >= 0.3 is 0 Å². The van der Waals surface area contributed by atoms with Crippen LogP contribution in [0.5, 0.6) is 0 Å². The van der Waals surface area contributed by atoms with E-state index in [2.05, 4.69) is 10.4 Å². The van der Waals surface area contributed by atoms with E-state index < -0.39 is 5.91 Å². The standard InChI is InChI=1S/C12H14N6OS/c1-6-7(5-18(2)17-6)4-16-12-8(3-13)9(14)10(20-12)11(15)19/h5,16H,4,14H2,1-2H3,(H2,15,19). The van der Waals surface area contributed by atoms with Crippen molar-refractivity contribution >= 4 is 27.9 Å². The number of hydrogen-bond acceptors (Lipinski definition) is 6. The van der Waals surface area contributed by atoms with Gasteiger partial charge in [-0.3, -0.25) is 9.48 Å². The van der Waals surface area contributed by atoms with Gasteiger partial charge in [-0.25, -0.2) is 0 Å². The van der Waals surface area contributed by atoms with Crippen molar-refractivity contribution in [2.75, 3.05) is 11.1 Å². The molecule has 0 bridgehead atoms. The summed E-state index contributed by atoms with van der Waals surface area (Å²) in [5, 5.41) is 17.0. The minimum Gasteiger partial charge on any atom is -0.396 e. The molecule has 5 N–H and O–H groups in total. The van der Waals surface area contributed by atoms with Crippen molar-refractivity contribution in [3.8, 4) is 6.07 Å². The fourth-order valence-corrected chi connectivity index (χ4v) is 2.78. The van der Waals surface area contributed by atoms with E-state index in [-0.39, 0.29) is 16.1 Å². The van der Waals surface area contributed by atoms with Gasteiger partial charge in [0.1, 0.15) is 21.5 Å². The van der Waals surface area contributed by atoms with E-state index in [1.54, 1.807) is 4.68 Å². The van der Waals surface area contributed by atoms with Crippen LogP contribution in [0.4, 0.5) is 10.7 Å². The highest BCUT2D eigenvalue weighted by molar-refractivity contribution is 7.18. The first-order valence-corrected chi connectivity index (χ1v) is 6.60. The Hall–Kier alpha value is -2.53. The second-order valence-electron chi connectivity index (χ2n) is 4.29. The lowest BCUT2D eigenvalue weighted by Crippen LogP contribution is -2.10. The van der Waals surface area contributed by atoms with E-state index in [1.165, 1.54) is 0 Å². The molecule has 0 spiro atoms. The summed E-state index contributed by atoms with van der Waals surface area (Å²) in [6.07, 6.45) is 1.89. The van der Waals surface area contributed by atoms with E-state index in [4.69, 9.17) is 16.7 Å². The van der Waals surface area contributed by atoms with Crippen LogP contribution < -0.4 is 16.8 Å². The van der Waals surface area contributed by atoms with Crippen LogP contribution in [0, 0.1) is 18.3 Å². The summed E-state index contributed by atoms with van der Waals surface area (Å²) in [6.45, 7) is 2.40. The highest BCUT2D eigenvalue weighted by atomic mass is 32.1. The van der Waals surface area contributed by atoms with E-state index >= 15 is 0 Å². The maximum Gasteiger partial charge on any atom is 0.261 e. The molecule has 0 aliphatic heterocycles. The average molecular weight is 290 g/mol.